The zero-order valence-electron chi connectivity index (χ0n) is 17.2. The van der Waals surface area contributed by atoms with E-state index in [1.165, 1.54) is 12.1 Å². The molecule has 2 aromatic carbocycles. The van der Waals surface area contributed by atoms with E-state index in [0.717, 1.165) is 5.56 Å². The molecule has 3 rings (SSSR count). The van der Waals surface area contributed by atoms with E-state index in [9.17, 15) is 13.2 Å². The molecule has 2 aromatic rings. The van der Waals surface area contributed by atoms with Gasteiger partial charge < -0.3 is 14.2 Å². The summed E-state index contributed by atoms with van der Waals surface area (Å²) in [4.78, 5) is 12.3. The summed E-state index contributed by atoms with van der Waals surface area (Å²) in [6.07, 6.45) is -0.827. The lowest BCUT2D eigenvalue weighted by molar-refractivity contribution is -0.167. The average molecular weight is 435 g/mol. The van der Waals surface area contributed by atoms with E-state index >= 15 is 0 Å². The molecule has 1 aliphatic rings. The predicted octanol–water partition coefficient (Wildman–Crippen LogP) is 3.47. The number of esters is 1. The molecule has 1 heterocycles. The average Bonchev–Trinajstić information content (AvgIpc) is 3.08. The first-order valence-electron chi connectivity index (χ1n) is 9.76. The highest BCUT2D eigenvalue weighted by molar-refractivity contribution is 7.86. The molecule has 7 nitrogen and oxygen atoms in total. The molecule has 8 heteroatoms. The summed E-state index contributed by atoms with van der Waals surface area (Å²) >= 11 is 0. The van der Waals surface area contributed by atoms with Crippen LogP contribution in [-0.2, 0) is 28.5 Å². The molecule has 0 saturated carbocycles. The zero-order valence-corrected chi connectivity index (χ0v) is 18.1. The number of hydrogen-bond donors (Lipinski definition) is 0. The summed E-state index contributed by atoms with van der Waals surface area (Å²) in [5.74, 6) is -1.40. The van der Waals surface area contributed by atoms with Crippen molar-refractivity contribution in [3.63, 3.8) is 0 Å². The first-order chi connectivity index (χ1) is 14.2. The van der Waals surface area contributed by atoms with Crippen molar-refractivity contribution in [3.05, 3.63) is 65.7 Å². The van der Waals surface area contributed by atoms with Crippen molar-refractivity contribution in [2.45, 2.75) is 50.1 Å². The lowest BCUT2D eigenvalue weighted by atomic mass is 10.2. The van der Waals surface area contributed by atoms with Crippen LogP contribution in [0, 0.1) is 6.92 Å². The van der Waals surface area contributed by atoms with Crippen molar-refractivity contribution in [2.24, 2.45) is 0 Å². The quantitative estimate of drug-likeness (QED) is 0.464. The van der Waals surface area contributed by atoms with Crippen LogP contribution in [0.2, 0.25) is 0 Å². The summed E-state index contributed by atoms with van der Waals surface area (Å²) < 4.78 is 47.4. The van der Waals surface area contributed by atoms with Crippen molar-refractivity contribution in [3.8, 4) is 0 Å². The van der Waals surface area contributed by atoms with Crippen molar-refractivity contribution < 1.29 is 31.6 Å². The van der Waals surface area contributed by atoms with Gasteiger partial charge in [-0.1, -0.05) is 42.8 Å². The van der Waals surface area contributed by atoms with Gasteiger partial charge in [-0.15, -0.1) is 0 Å². The SMILES string of the molecule is CCC1(C)O[C@@H](COC(=O)c2ccccc2)[C@H](COS(=O)(=O)c2ccc(C)cc2)O1. The molecular formula is C22H26O7S. The molecule has 1 saturated heterocycles. The lowest BCUT2D eigenvalue weighted by Gasteiger charge is -2.21. The Labute approximate surface area is 177 Å². The highest BCUT2D eigenvalue weighted by Gasteiger charge is 2.44. The Bertz CT molecular complexity index is 957. The van der Waals surface area contributed by atoms with Gasteiger partial charge in [0.2, 0.25) is 0 Å². The zero-order chi connectivity index (χ0) is 21.8. The van der Waals surface area contributed by atoms with Crippen LogP contribution in [0.5, 0.6) is 0 Å². The smallest absolute Gasteiger partial charge is 0.338 e. The van der Waals surface area contributed by atoms with Gasteiger partial charge in [0, 0.05) is 0 Å². The normalized spacial score (nSPS) is 24.0. The van der Waals surface area contributed by atoms with E-state index in [-0.39, 0.29) is 18.1 Å². The van der Waals surface area contributed by atoms with Crippen LogP contribution in [0.25, 0.3) is 0 Å². The lowest BCUT2D eigenvalue weighted by Crippen LogP contribution is -2.33. The standard InChI is InChI=1S/C22H26O7S/c1-4-22(3)28-19(14-26-21(23)17-8-6-5-7-9-17)20(29-22)15-27-30(24,25)18-12-10-16(2)11-13-18/h5-13,19-20H,4,14-15H2,1-3H3/t19-,20-,22?/m0/s1. The van der Waals surface area contributed by atoms with Crippen LogP contribution < -0.4 is 0 Å². The first kappa shape index (κ1) is 22.4. The second kappa shape index (κ2) is 9.26. The molecule has 0 spiro atoms. The van der Waals surface area contributed by atoms with Gasteiger partial charge in [0.1, 0.15) is 18.8 Å². The van der Waals surface area contributed by atoms with Gasteiger partial charge in [0.05, 0.1) is 17.1 Å². The maximum absolute atomic E-state index is 12.5. The van der Waals surface area contributed by atoms with Gasteiger partial charge in [-0.2, -0.15) is 8.42 Å². The number of aryl methyl sites for hydroxylation is 1. The Morgan fingerprint density at radius 3 is 2.20 bits per heavy atom. The molecule has 1 unspecified atom stereocenters. The molecule has 0 aromatic heterocycles. The number of carbonyl (C=O) groups excluding carboxylic acids is 1. The Morgan fingerprint density at radius 1 is 1.00 bits per heavy atom. The minimum Gasteiger partial charge on any atom is -0.459 e. The van der Waals surface area contributed by atoms with Crippen molar-refractivity contribution >= 4 is 16.1 Å². The molecule has 30 heavy (non-hydrogen) atoms. The van der Waals surface area contributed by atoms with Crippen LogP contribution in [0.3, 0.4) is 0 Å². The minimum atomic E-state index is -3.95. The summed E-state index contributed by atoms with van der Waals surface area (Å²) in [5.41, 5.74) is 1.37. The van der Waals surface area contributed by atoms with Crippen LogP contribution in [0.15, 0.2) is 59.5 Å². The fourth-order valence-corrected chi connectivity index (χ4v) is 3.93. The topological polar surface area (TPSA) is 88.1 Å². The highest BCUT2D eigenvalue weighted by atomic mass is 32.2. The Kier molecular flexibility index (Phi) is 6.92. The second-order valence-corrected chi connectivity index (χ2v) is 8.93. The second-order valence-electron chi connectivity index (χ2n) is 7.32. The van der Waals surface area contributed by atoms with Crippen LogP contribution in [0.1, 0.15) is 36.2 Å². The Hall–Kier alpha value is -2.26. The van der Waals surface area contributed by atoms with Crippen molar-refractivity contribution in [1.82, 2.24) is 0 Å². The molecular weight excluding hydrogens is 408 g/mol. The molecule has 162 valence electrons. The Morgan fingerprint density at radius 2 is 1.60 bits per heavy atom. The van der Waals surface area contributed by atoms with Crippen LogP contribution >= 0.6 is 0 Å². The van der Waals surface area contributed by atoms with Crippen LogP contribution in [-0.4, -0.2) is 45.6 Å². The third-order valence-electron chi connectivity index (χ3n) is 4.94. The number of ether oxygens (including phenoxy) is 3. The molecule has 0 radical (unpaired) electrons. The maximum atomic E-state index is 12.5. The molecule has 3 atom stereocenters. The molecule has 0 N–H and O–H groups in total. The van der Waals surface area contributed by atoms with Gasteiger partial charge >= 0.3 is 5.97 Å². The van der Waals surface area contributed by atoms with Gasteiger partial charge in [-0.25, -0.2) is 4.79 Å². The van der Waals surface area contributed by atoms with E-state index in [2.05, 4.69) is 0 Å². The Balaban J connectivity index is 1.65. The third kappa shape index (κ3) is 5.46. The maximum Gasteiger partial charge on any atom is 0.338 e. The predicted molar refractivity (Wildman–Crippen MR) is 109 cm³/mol. The fourth-order valence-electron chi connectivity index (χ4n) is 3.01. The minimum absolute atomic E-state index is 0.0670. The third-order valence-corrected chi connectivity index (χ3v) is 6.24. The summed E-state index contributed by atoms with van der Waals surface area (Å²) in [7, 11) is -3.95. The number of hydrogen-bond acceptors (Lipinski definition) is 7. The van der Waals surface area contributed by atoms with E-state index < -0.39 is 34.1 Å². The monoisotopic (exact) mass is 434 g/mol. The van der Waals surface area contributed by atoms with E-state index in [1.54, 1.807) is 49.4 Å². The largest absolute Gasteiger partial charge is 0.459 e. The summed E-state index contributed by atoms with van der Waals surface area (Å²) in [6, 6.07) is 15.0. The summed E-state index contributed by atoms with van der Waals surface area (Å²) in [6.45, 7) is 5.18. The first-order valence-corrected chi connectivity index (χ1v) is 11.2. The molecule has 1 aliphatic heterocycles. The van der Waals surface area contributed by atoms with Gasteiger partial charge in [0.15, 0.2) is 5.79 Å². The van der Waals surface area contributed by atoms with E-state index in [4.69, 9.17) is 18.4 Å². The van der Waals surface area contributed by atoms with Gasteiger partial charge in [-0.3, -0.25) is 4.18 Å². The van der Waals surface area contributed by atoms with E-state index in [1.807, 2.05) is 13.8 Å². The number of rotatable bonds is 8. The van der Waals surface area contributed by atoms with Gasteiger partial charge in [0.25, 0.3) is 10.1 Å². The molecule has 0 bridgehead atoms. The molecule has 1 fully saturated rings. The van der Waals surface area contributed by atoms with Crippen molar-refractivity contribution in [2.75, 3.05) is 13.2 Å². The van der Waals surface area contributed by atoms with Crippen molar-refractivity contribution in [1.29, 1.82) is 0 Å². The number of benzene rings is 2. The molecule has 0 aliphatic carbocycles. The van der Waals surface area contributed by atoms with Crippen LogP contribution in [0.4, 0.5) is 0 Å². The highest BCUT2D eigenvalue weighted by Crippen LogP contribution is 2.32. The fraction of sp³-hybridized carbons (Fsp3) is 0.409. The van der Waals surface area contributed by atoms with Gasteiger partial charge in [-0.05, 0) is 44.5 Å². The molecule has 0 amide bonds. The van der Waals surface area contributed by atoms with E-state index in [0.29, 0.717) is 12.0 Å². The number of carbonyl (C=O) groups is 1. The summed E-state index contributed by atoms with van der Waals surface area (Å²) in [5, 5.41) is 0.